The van der Waals surface area contributed by atoms with Crippen LogP contribution in [0.15, 0.2) is 48.5 Å². The fourth-order valence-electron chi connectivity index (χ4n) is 4.83. The second-order valence-corrected chi connectivity index (χ2v) is 8.58. The number of hydrogen-bond acceptors (Lipinski definition) is 5. The summed E-state index contributed by atoms with van der Waals surface area (Å²) in [4.78, 5) is 19.6. The number of carbonyl (C=O) groups excluding carboxylic acids is 1. The highest BCUT2D eigenvalue weighted by Gasteiger charge is 2.27. The highest BCUT2D eigenvalue weighted by atomic mass is 16.5. The van der Waals surface area contributed by atoms with E-state index in [0.29, 0.717) is 12.1 Å². The van der Waals surface area contributed by atoms with Crippen LogP contribution >= 0.6 is 0 Å². The maximum absolute atomic E-state index is 13.2. The first-order valence-electron chi connectivity index (χ1n) is 11.2. The number of rotatable bonds is 3. The Morgan fingerprint density at radius 3 is 2.58 bits per heavy atom. The van der Waals surface area contributed by atoms with Gasteiger partial charge >= 0.3 is 6.03 Å². The van der Waals surface area contributed by atoms with Crippen molar-refractivity contribution in [1.29, 1.82) is 5.26 Å². The van der Waals surface area contributed by atoms with E-state index in [9.17, 15) is 10.1 Å². The van der Waals surface area contributed by atoms with Crippen LogP contribution in [0.5, 0.6) is 5.75 Å². The number of methoxy groups -OCH3 is 1. The predicted octanol–water partition coefficient (Wildman–Crippen LogP) is 4.07. The summed E-state index contributed by atoms with van der Waals surface area (Å²) >= 11 is 0. The number of nitriles is 1. The molecule has 1 N–H and O–H groups in total. The van der Waals surface area contributed by atoms with E-state index in [4.69, 9.17) is 4.74 Å². The van der Waals surface area contributed by atoms with Gasteiger partial charge < -0.3 is 19.9 Å². The molecule has 7 heteroatoms. The minimum Gasteiger partial charge on any atom is -0.495 e. The number of piperazine rings is 1. The summed E-state index contributed by atoms with van der Waals surface area (Å²) in [5.74, 6) is 0.809. The van der Waals surface area contributed by atoms with Crippen LogP contribution in [-0.4, -0.2) is 57.8 Å². The Kier molecular flexibility index (Phi) is 5.53. The zero-order valence-corrected chi connectivity index (χ0v) is 19.0. The van der Waals surface area contributed by atoms with Gasteiger partial charge in [0.25, 0.3) is 0 Å². The highest BCUT2D eigenvalue weighted by Crippen LogP contribution is 2.36. The van der Waals surface area contributed by atoms with Crippen molar-refractivity contribution in [1.82, 2.24) is 4.90 Å². The number of anilines is 3. The summed E-state index contributed by atoms with van der Waals surface area (Å²) in [7, 11) is 3.81. The number of amides is 2. The monoisotopic (exact) mass is 441 g/mol. The number of benzene rings is 3. The Morgan fingerprint density at radius 1 is 1.00 bits per heavy atom. The molecule has 1 saturated heterocycles. The Morgan fingerprint density at radius 2 is 1.82 bits per heavy atom. The number of hydrogen-bond donors (Lipinski definition) is 1. The molecule has 33 heavy (non-hydrogen) atoms. The molecule has 7 nitrogen and oxygen atoms in total. The second-order valence-electron chi connectivity index (χ2n) is 8.58. The lowest BCUT2D eigenvalue weighted by molar-refractivity contribution is 0.257. The third-order valence-corrected chi connectivity index (χ3v) is 6.66. The van der Waals surface area contributed by atoms with Crippen LogP contribution in [0.25, 0.3) is 10.8 Å². The molecule has 0 atom stereocenters. The number of nitrogens with one attached hydrogen (secondary N) is 1. The largest absolute Gasteiger partial charge is 0.495 e. The summed E-state index contributed by atoms with van der Waals surface area (Å²) < 4.78 is 5.59. The van der Waals surface area contributed by atoms with Crippen LogP contribution in [-0.2, 0) is 6.42 Å². The summed E-state index contributed by atoms with van der Waals surface area (Å²) in [5.41, 5.74) is 4.43. The molecule has 0 aliphatic carbocycles. The van der Waals surface area contributed by atoms with E-state index in [1.165, 1.54) is 0 Å². The molecule has 2 aliphatic rings. The number of likely N-dealkylation sites (N-methyl/N-ethyl adjacent to an activating group) is 1. The van der Waals surface area contributed by atoms with Gasteiger partial charge in [0.1, 0.15) is 5.75 Å². The van der Waals surface area contributed by atoms with Crippen LogP contribution < -0.4 is 19.9 Å². The highest BCUT2D eigenvalue weighted by molar-refractivity contribution is 6.06. The molecule has 0 aromatic heterocycles. The number of ether oxygens (including phenoxy) is 1. The van der Waals surface area contributed by atoms with E-state index >= 15 is 0 Å². The van der Waals surface area contributed by atoms with Gasteiger partial charge in [0.15, 0.2) is 0 Å². The molecule has 0 radical (unpaired) electrons. The van der Waals surface area contributed by atoms with E-state index in [1.807, 2.05) is 48.5 Å². The van der Waals surface area contributed by atoms with Gasteiger partial charge in [-0.05, 0) is 60.1 Å². The maximum Gasteiger partial charge on any atom is 0.326 e. The first-order valence-corrected chi connectivity index (χ1v) is 11.2. The molecule has 5 rings (SSSR count). The van der Waals surface area contributed by atoms with Gasteiger partial charge in [-0.2, -0.15) is 5.26 Å². The molecular weight excluding hydrogens is 414 g/mol. The van der Waals surface area contributed by atoms with Gasteiger partial charge in [0.05, 0.1) is 24.4 Å². The van der Waals surface area contributed by atoms with Crippen molar-refractivity contribution in [2.24, 2.45) is 0 Å². The van der Waals surface area contributed by atoms with Crippen molar-refractivity contribution in [3.8, 4) is 11.8 Å². The van der Waals surface area contributed by atoms with Crippen LogP contribution in [0.3, 0.4) is 0 Å². The summed E-state index contributed by atoms with van der Waals surface area (Å²) in [6.07, 6.45) is 0.768. The molecule has 2 aliphatic heterocycles. The van der Waals surface area contributed by atoms with Gasteiger partial charge in [-0.15, -0.1) is 0 Å². The van der Waals surface area contributed by atoms with Gasteiger partial charge in [-0.3, -0.25) is 4.90 Å². The smallest absolute Gasteiger partial charge is 0.326 e. The number of carbonyl (C=O) groups is 1. The molecule has 0 spiro atoms. The first kappa shape index (κ1) is 21.1. The van der Waals surface area contributed by atoms with Crippen LogP contribution in [0.4, 0.5) is 21.9 Å². The van der Waals surface area contributed by atoms with Gasteiger partial charge in [-0.1, -0.05) is 18.2 Å². The van der Waals surface area contributed by atoms with Crippen LogP contribution in [0, 0.1) is 11.3 Å². The number of fused-ring (bicyclic) bond motifs is 3. The predicted molar refractivity (Wildman–Crippen MR) is 131 cm³/mol. The topological polar surface area (TPSA) is 71.8 Å². The third-order valence-electron chi connectivity index (χ3n) is 6.66. The molecule has 2 amide bonds. The second kappa shape index (κ2) is 8.64. The molecule has 0 saturated carbocycles. The zero-order chi connectivity index (χ0) is 22.9. The van der Waals surface area contributed by atoms with Crippen molar-refractivity contribution in [3.63, 3.8) is 0 Å². The van der Waals surface area contributed by atoms with Crippen molar-refractivity contribution in [3.05, 3.63) is 59.7 Å². The third kappa shape index (κ3) is 3.83. The minimum absolute atomic E-state index is 0.154. The molecule has 3 aromatic carbocycles. The van der Waals surface area contributed by atoms with Gasteiger partial charge in [0, 0.05) is 44.1 Å². The average molecular weight is 442 g/mol. The molecule has 0 unspecified atom stereocenters. The lowest BCUT2D eigenvalue weighted by Crippen LogP contribution is -2.44. The van der Waals surface area contributed by atoms with Gasteiger partial charge in [-0.25, -0.2) is 4.79 Å². The Labute approximate surface area is 193 Å². The van der Waals surface area contributed by atoms with Crippen molar-refractivity contribution in [2.75, 3.05) is 62.0 Å². The SMILES string of the molecule is COc1ccc(NC(=O)N2CCc3c2ccc2c(C#N)cccc32)cc1N1CCN(C)CC1. The summed E-state index contributed by atoms with van der Waals surface area (Å²) in [6.45, 7) is 4.43. The van der Waals surface area contributed by atoms with Crippen molar-refractivity contribution < 1.29 is 9.53 Å². The Balaban J connectivity index is 1.40. The maximum atomic E-state index is 13.2. The van der Waals surface area contributed by atoms with Crippen LogP contribution in [0.1, 0.15) is 11.1 Å². The van der Waals surface area contributed by atoms with E-state index in [-0.39, 0.29) is 6.03 Å². The molecule has 1 fully saturated rings. The number of urea groups is 1. The van der Waals surface area contributed by atoms with Crippen molar-refractivity contribution in [2.45, 2.75) is 6.42 Å². The molecule has 168 valence electrons. The quantitative estimate of drug-likeness (QED) is 0.664. The average Bonchev–Trinajstić information content (AvgIpc) is 3.29. The van der Waals surface area contributed by atoms with Gasteiger partial charge in [0.2, 0.25) is 0 Å². The molecular formula is C26H27N5O2. The lowest BCUT2D eigenvalue weighted by atomic mass is 9.99. The minimum atomic E-state index is -0.154. The Hall–Kier alpha value is -3.76. The molecule has 2 heterocycles. The molecule has 0 bridgehead atoms. The Bertz CT molecular complexity index is 1260. The number of nitrogens with zero attached hydrogens (tertiary/aromatic N) is 4. The van der Waals surface area contributed by atoms with E-state index in [2.05, 4.69) is 28.2 Å². The molecule has 3 aromatic rings. The van der Waals surface area contributed by atoms with Crippen molar-refractivity contribution >= 4 is 33.9 Å². The normalized spacial score (nSPS) is 15.9. The fraction of sp³-hybridized carbons (Fsp3) is 0.308. The van der Waals surface area contributed by atoms with Crippen LogP contribution in [0.2, 0.25) is 0 Å². The summed E-state index contributed by atoms with van der Waals surface area (Å²) in [5, 5.41) is 14.5. The van der Waals surface area contributed by atoms with E-state index < -0.39 is 0 Å². The zero-order valence-electron chi connectivity index (χ0n) is 19.0. The summed E-state index contributed by atoms with van der Waals surface area (Å²) in [6, 6.07) is 17.6. The standard InChI is InChI=1S/C26H27N5O2/c1-29-12-14-30(15-13-29)24-16-19(6-9-25(24)33-2)28-26(32)31-11-10-22-21-5-3-4-18(17-27)20(21)7-8-23(22)31/h3-9,16H,10-15H2,1-2H3,(H,28,32). The lowest BCUT2D eigenvalue weighted by Gasteiger charge is -2.35. The van der Waals surface area contributed by atoms with E-state index in [0.717, 1.165) is 71.7 Å². The fourth-order valence-corrected chi connectivity index (χ4v) is 4.83. The van der Waals surface area contributed by atoms with E-state index in [1.54, 1.807) is 12.0 Å². The first-order chi connectivity index (χ1) is 16.1.